The van der Waals surface area contributed by atoms with Crippen molar-refractivity contribution >= 4 is 33.8 Å². The molecule has 1 aliphatic heterocycles. The summed E-state index contributed by atoms with van der Waals surface area (Å²) < 4.78 is 47.7. The Labute approximate surface area is 211 Å². The number of rotatable bonds is 7. The highest BCUT2D eigenvalue weighted by Gasteiger charge is 2.37. The zero-order chi connectivity index (χ0) is 25.9. The van der Waals surface area contributed by atoms with Crippen LogP contribution in [0.1, 0.15) is 55.2 Å². The maximum Gasteiger partial charge on any atom is 0.248 e. The lowest BCUT2D eigenvalue weighted by molar-refractivity contribution is -0.120. The molecule has 0 unspecified atom stereocenters. The number of aromatic nitrogens is 1. The molecule has 2 aromatic carbocycles. The molecular weight excluding hydrogens is 481 g/mol. The van der Waals surface area contributed by atoms with Gasteiger partial charge >= 0.3 is 0 Å². The van der Waals surface area contributed by atoms with Crippen LogP contribution in [0.5, 0.6) is 0 Å². The largest absolute Gasteiger partial charge is 0.355 e. The molecule has 4 rings (SSSR count). The first-order valence-corrected chi connectivity index (χ1v) is 13.4. The van der Waals surface area contributed by atoms with Crippen LogP contribution < -0.4 is 5.32 Å². The lowest BCUT2D eigenvalue weighted by Crippen LogP contribution is -2.43. The monoisotopic (exact) mass is 511 g/mol. The van der Waals surface area contributed by atoms with E-state index in [2.05, 4.69) is 24.3 Å². The fourth-order valence-corrected chi connectivity index (χ4v) is 6.05. The van der Waals surface area contributed by atoms with Crippen molar-refractivity contribution in [2.45, 2.75) is 44.4 Å². The molecule has 1 atom stereocenters. The van der Waals surface area contributed by atoms with E-state index in [1.807, 2.05) is 24.3 Å². The van der Waals surface area contributed by atoms with Crippen LogP contribution in [0.2, 0.25) is 0 Å². The smallest absolute Gasteiger partial charge is 0.248 e. The molecule has 3 aromatic rings. The van der Waals surface area contributed by atoms with Crippen molar-refractivity contribution < 1.29 is 22.1 Å². The third kappa shape index (κ3) is 5.57. The van der Waals surface area contributed by atoms with Gasteiger partial charge in [-0.05, 0) is 61.6 Å². The number of nitrogens with zero attached hydrogens (tertiary/aromatic N) is 2. The third-order valence-electron chi connectivity index (χ3n) is 6.35. The van der Waals surface area contributed by atoms with Crippen molar-refractivity contribution in [3.63, 3.8) is 0 Å². The molecule has 1 aliphatic rings. The number of anilines is 1. The van der Waals surface area contributed by atoms with Crippen LogP contribution in [0.25, 0.3) is 12.2 Å². The minimum Gasteiger partial charge on any atom is -0.355 e. The number of piperidine rings is 1. The summed E-state index contributed by atoms with van der Waals surface area (Å²) in [5.41, 5.74) is 2.36. The van der Waals surface area contributed by atoms with Crippen LogP contribution in [-0.4, -0.2) is 36.9 Å². The van der Waals surface area contributed by atoms with Crippen LogP contribution in [0.4, 0.5) is 10.1 Å². The molecule has 0 bridgehead atoms. The summed E-state index contributed by atoms with van der Waals surface area (Å²) in [5.74, 6) is -0.727. The lowest BCUT2D eigenvalue weighted by Gasteiger charge is -2.31. The van der Waals surface area contributed by atoms with E-state index in [4.69, 9.17) is 4.52 Å². The van der Waals surface area contributed by atoms with Gasteiger partial charge in [-0.2, -0.15) is 4.31 Å². The van der Waals surface area contributed by atoms with E-state index in [1.165, 1.54) is 28.1 Å². The van der Waals surface area contributed by atoms with Crippen LogP contribution >= 0.6 is 0 Å². The number of hydrogen-bond donors (Lipinski definition) is 1. The molecule has 1 saturated heterocycles. The Hall–Kier alpha value is -3.30. The first kappa shape index (κ1) is 25.8. The number of benzene rings is 2. The summed E-state index contributed by atoms with van der Waals surface area (Å²) >= 11 is 0. The summed E-state index contributed by atoms with van der Waals surface area (Å²) in [4.78, 5) is 12.9. The SMILES string of the molecule is Cc1noc(/C=C/c2ccccc2F)c1S(=O)(=O)N1CCC[C@@H](C(=O)Nc2ccc(C(C)C)cc2)C1. The van der Waals surface area contributed by atoms with Crippen LogP contribution in [0.3, 0.4) is 0 Å². The van der Waals surface area contributed by atoms with Gasteiger partial charge in [0.25, 0.3) is 0 Å². The number of halogens is 1. The molecule has 36 heavy (non-hydrogen) atoms. The highest BCUT2D eigenvalue weighted by atomic mass is 32.2. The number of carbonyl (C=O) groups excluding carboxylic acids is 1. The highest BCUT2D eigenvalue weighted by Crippen LogP contribution is 2.30. The number of aryl methyl sites for hydroxylation is 1. The van der Waals surface area contributed by atoms with E-state index in [0.717, 1.165) is 0 Å². The third-order valence-corrected chi connectivity index (χ3v) is 8.37. The van der Waals surface area contributed by atoms with Gasteiger partial charge in [-0.15, -0.1) is 0 Å². The minimum atomic E-state index is -4.00. The highest BCUT2D eigenvalue weighted by molar-refractivity contribution is 7.89. The van der Waals surface area contributed by atoms with Gasteiger partial charge in [-0.3, -0.25) is 4.79 Å². The minimum absolute atomic E-state index is 0.0209. The van der Waals surface area contributed by atoms with E-state index >= 15 is 0 Å². The van der Waals surface area contributed by atoms with Crippen molar-refractivity contribution in [1.29, 1.82) is 0 Å². The second kappa shape index (κ2) is 10.8. The number of nitrogens with one attached hydrogen (secondary N) is 1. The molecule has 1 aromatic heterocycles. The second-order valence-corrected chi connectivity index (χ2v) is 11.2. The number of carbonyl (C=O) groups is 1. The van der Waals surface area contributed by atoms with Crippen molar-refractivity contribution in [3.8, 4) is 0 Å². The van der Waals surface area contributed by atoms with E-state index in [-0.39, 0.29) is 35.3 Å². The Bertz CT molecular complexity index is 1360. The lowest BCUT2D eigenvalue weighted by atomic mass is 9.98. The first-order chi connectivity index (χ1) is 17.2. The van der Waals surface area contributed by atoms with Crippen molar-refractivity contribution in [1.82, 2.24) is 9.46 Å². The van der Waals surface area contributed by atoms with Gasteiger partial charge in [0.1, 0.15) is 11.5 Å². The summed E-state index contributed by atoms with van der Waals surface area (Å²) in [6.45, 7) is 6.09. The molecule has 1 amide bonds. The normalized spacial score (nSPS) is 17.1. The van der Waals surface area contributed by atoms with Gasteiger partial charge < -0.3 is 9.84 Å². The predicted octanol–water partition coefficient (Wildman–Crippen LogP) is 5.46. The van der Waals surface area contributed by atoms with Crippen molar-refractivity contribution in [2.24, 2.45) is 5.92 Å². The van der Waals surface area contributed by atoms with Gasteiger partial charge in [-0.1, -0.05) is 49.3 Å². The van der Waals surface area contributed by atoms with E-state index < -0.39 is 21.8 Å². The zero-order valence-corrected chi connectivity index (χ0v) is 21.4. The van der Waals surface area contributed by atoms with Gasteiger partial charge in [0.15, 0.2) is 10.7 Å². The molecule has 0 radical (unpaired) electrons. The van der Waals surface area contributed by atoms with E-state index in [1.54, 1.807) is 25.1 Å². The molecule has 1 N–H and O–H groups in total. The summed E-state index contributed by atoms with van der Waals surface area (Å²) in [5, 5.41) is 6.75. The molecule has 7 nitrogen and oxygen atoms in total. The fourth-order valence-electron chi connectivity index (χ4n) is 4.27. The summed E-state index contributed by atoms with van der Waals surface area (Å²) in [7, 11) is -4.00. The molecule has 190 valence electrons. The van der Waals surface area contributed by atoms with Crippen LogP contribution in [0.15, 0.2) is 57.9 Å². The second-order valence-electron chi connectivity index (χ2n) is 9.28. The average Bonchev–Trinajstić information content (AvgIpc) is 3.25. The van der Waals surface area contributed by atoms with Gasteiger partial charge in [0, 0.05) is 24.3 Å². The zero-order valence-electron chi connectivity index (χ0n) is 20.6. The van der Waals surface area contributed by atoms with Gasteiger partial charge in [0.05, 0.1) is 5.92 Å². The van der Waals surface area contributed by atoms with Gasteiger partial charge in [0.2, 0.25) is 15.9 Å². The molecular formula is C27H30FN3O4S. The first-order valence-electron chi connectivity index (χ1n) is 12.0. The number of sulfonamides is 1. The predicted molar refractivity (Wildman–Crippen MR) is 137 cm³/mol. The Kier molecular flexibility index (Phi) is 7.70. The Morgan fingerprint density at radius 2 is 1.89 bits per heavy atom. The Morgan fingerprint density at radius 1 is 1.17 bits per heavy atom. The molecule has 0 saturated carbocycles. The molecule has 2 heterocycles. The van der Waals surface area contributed by atoms with Crippen molar-refractivity contribution in [2.75, 3.05) is 18.4 Å². The summed E-state index contributed by atoms with van der Waals surface area (Å²) in [6.07, 6.45) is 3.99. The molecule has 0 aliphatic carbocycles. The van der Waals surface area contributed by atoms with Crippen molar-refractivity contribution in [3.05, 3.63) is 76.9 Å². The standard InChI is InChI=1S/C27H30FN3O4S/c1-18(2)20-10-13-23(14-11-20)29-27(32)22-8-6-16-31(17-22)36(33,34)26-19(3)30-35-25(26)15-12-21-7-4-5-9-24(21)28/h4-5,7,9-15,18,22H,6,8,16-17H2,1-3H3,(H,29,32)/b15-12+/t22-/m1/s1. The Morgan fingerprint density at radius 3 is 2.58 bits per heavy atom. The van der Waals surface area contributed by atoms with Gasteiger partial charge in [-0.25, -0.2) is 12.8 Å². The van der Waals surface area contributed by atoms with Crippen LogP contribution in [-0.2, 0) is 14.8 Å². The fraction of sp³-hybridized carbons (Fsp3) is 0.333. The summed E-state index contributed by atoms with van der Waals surface area (Å²) in [6, 6.07) is 13.8. The average molecular weight is 512 g/mol. The molecule has 9 heteroatoms. The van der Waals surface area contributed by atoms with E-state index in [0.29, 0.717) is 30.0 Å². The topological polar surface area (TPSA) is 92.5 Å². The molecule has 1 fully saturated rings. The molecule has 0 spiro atoms. The number of amides is 1. The van der Waals surface area contributed by atoms with E-state index in [9.17, 15) is 17.6 Å². The maximum atomic E-state index is 14.0. The number of hydrogen-bond acceptors (Lipinski definition) is 5. The van der Waals surface area contributed by atoms with Crippen LogP contribution in [0, 0.1) is 18.7 Å². The quantitative estimate of drug-likeness (QED) is 0.455. The Balaban J connectivity index is 1.51. The maximum absolute atomic E-state index is 14.0.